The van der Waals surface area contributed by atoms with E-state index in [0.717, 1.165) is 69.9 Å². The summed E-state index contributed by atoms with van der Waals surface area (Å²) in [5.74, 6) is 0. The quantitative estimate of drug-likeness (QED) is 0.500. The first-order valence-electron chi connectivity index (χ1n) is 12.0. The number of nitrogens with one attached hydrogen (secondary N) is 1. The van der Waals surface area contributed by atoms with Gasteiger partial charge < -0.3 is 4.90 Å². The number of hydrogen-bond acceptors (Lipinski definition) is 5. The van der Waals surface area contributed by atoms with E-state index < -0.39 is 36.7 Å². The van der Waals surface area contributed by atoms with Crippen molar-refractivity contribution in [2.75, 3.05) is 24.4 Å². The van der Waals surface area contributed by atoms with Crippen molar-refractivity contribution in [1.82, 2.24) is 9.21 Å². The lowest BCUT2D eigenvalue weighted by molar-refractivity contribution is -0.137. The maximum Gasteiger partial charge on any atom is 0.416 e. The van der Waals surface area contributed by atoms with Gasteiger partial charge in [-0.3, -0.25) is 4.72 Å². The van der Waals surface area contributed by atoms with E-state index in [9.17, 15) is 30.0 Å². The number of piperidine rings is 1. The molecule has 1 saturated heterocycles. The van der Waals surface area contributed by atoms with Gasteiger partial charge in [0.1, 0.15) is 0 Å². The number of sulfonamides is 2. The fourth-order valence-electron chi connectivity index (χ4n) is 4.60. The van der Waals surface area contributed by atoms with Crippen molar-refractivity contribution in [3.8, 4) is 0 Å². The Morgan fingerprint density at radius 3 is 2.08 bits per heavy atom. The van der Waals surface area contributed by atoms with Gasteiger partial charge >= 0.3 is 6.18 Å². The fraction of sp³-hybridized carbons (Fsp3) is 0.500. The number of benzene rings is 2. The highest BCUT2D eigenvalue weighted by Gasteiger charge is 2.43. The molecule has 7 nitrogen and oxygen atoms in total. The molecule has 0 aromatic heterocycles. The molecule has 2 aromatic carbocycles. The molecule has 4 rings (SSSR count). The molecule has 198 valence electrons. The van der Waals surface area contributed by atoms with Gasteiger partial charge in [-0.1, -0.05) is 13.0 Å². The number of anilines is 1. The number of likely N-dealkylation sites (tertiary alicyclic amines) is 1. The highest BCUT2D eigenvalue weighted by Crippen LogP contribution is 2.37. The van der Waals surface area contributed by atoms with Gasteiger partial charge in [-0.15, -0.1) is 0 Å². The van der Waals surface area contributed by atoms with Crippen molar-refractivity contribution in [2.24, 2.45) is 0 Å². The summed E-state index contributed by atoms with van der Waals surface area (Å²) in [6.45, 7) is 4.83. The average Bonchev–Trinajstić information content (AvgIpc) is 3.65. The lowest BCUT2D eigenvalue weighted by atomic mass is 10.0. The van der Waals surface area contributed by atoms with Crippen LogP contribution in [-0.4, -0.2) is 57.8 Å². The lowest BCUT2D eigenvalue weighted by Gasteiger charge is -2.38. The third-order valence-corrected chi connectivity index (χ3v) is 9.92. The number of hydrogen-bond donors (Lipinski definition) is 1. The van der Waals surface area contributed by atoms with E-state index >= 15 is 0 Å². The van der Waals surface area contributed by atoms with Crippen LogP contribution < -0.4 is 4.72 Å². The molecule has 1 N–H and O–H groups in total. The molecule has 1 heterocycles. The van der Waals surface area contributed by atoms with Crippen molar-refractivity contribution in [3.63, 3.8) is 0 Å². The van der Waals surface area contributed by atoms with Crippen LogP contribution in [0.25, 0.3) is 0 Å². The van der Waals surface area contributed by atoms with E-state index in [1.807, 2.05) is 0 Å². The first kappa shape index (κ1) is 26.9. The van der Waals surface area contributed by atoms with Crippen LogP contribution in [0.4, 0.5) is 18.9 Å². The Bertz CT molecular complexity index is 1270. The summed E-state index contributed by atoms with van der Waals surface area (Å²) < 4.78 is 95.1. The zero-order valence-electron chi connectivity index (χ0n) is 19.9. The Morgan fingerprint density at radius 2 is 1.53 bits per heavy atom. The molecule has 2 fully saturated rings. The predicted molar refractivity (Wildman–Crippen MR) is 130 cm³/mol. The third-order valence-electron chi connectivity index (χ3n) is 6.52. The van der Waals surface area contributed by atoms with Crippen LogP contribution in [0, 0.1) is 0 Å². The normalized spacial score (nSPS) is 18.5. The molecule has 2 aromatic rings. The van der Waals surface area contributed by atoms with Crippen LogP contribution in [0.2, 0.25) is 0 Å². The molecule has 2 aliphatic rings. The van der Waals surface area contributed by atoms with Crippen LogP contribution >= 0.6 is 0 Å². The Balaban J connectivity index is 1.50. The highest BCUT2D eigenvalue weighted by atomic mass is 32.2. The highest BCUT2D eigenvalue weighted by molar-refractivity contribution is 7.92. The second-order valence-corrected chi connectivity index (χ2v) is 12.8. The Morgan fingerprint density at radius 1 is 0.917 bits per heavy atom. The molecule has 36 heavy (non-hydrogen) atoms. The maximum absolute atomic E-state index is 13.5. The van der Waals surface area contributed by atoms with Gasteiger partial charge in [-0.25, -0.2) is 16.8 Å². The minimum Gasteiger partial charge on any atom is -0.303 e. The molecule has 0 amide bonds. The van der Waals surface area contributed by atoms with E-state index in [-0.39, 0.29) is 22.7 Å². The second kappa shape index (κ2) is 10.3. The van der Waals surface area contributed by atoms with Gasteiger partial charge in [-0.2, -0.15) is 17.5 Å². The van der Waals surface area contributed by atoms with Crippen molar-refractivity contribution in [1.29, 1.82) is 0 Å². The van der Waals surface area contributed by atoms with Gasteiger partial charge in [0.2, 0.25) is 10.0 Å². The van der Waals surface area contributed by atoms with Crippen LogP contribution in [-0.2, 0) is 26.2 Å². The zero-order chi connectivity index (χ0) is 26.1. The molecule has 1 aliphatic carbocycles. The molecule has 1 aliphatic heterocycles. The van der Waals surface area contributed by atoms with E-state index in [4.69, 9.17) is 0 Å². The summed E-state index contributed by atoms with van der Waals surface area (Å²) in [7, 11) is -8.10. The van der Waals surface area contributed by atoms with Crippen molar-refractivity contribution in [2.45, 2.75) is 67.1 Å². The minimum absolute atomic E-state index is 0.0168. The Labute approximate surface area is 210 Å². The van der Waals surface area contributed by atoms with Gasteiger partial charge in [0, 0.05) is 17.8 Å². The number of alkyl halides is 3. The number of rotatable bonds is 9. The third kappa shape index (κ3) is 6.04. The van der Waals surface area contributed by atoms with Crippen LogP contribution in [0.1, 0.15) is 44.6 Å². The Kier molecular flexibility index (Phi) is 7.70. The van der Waals surface area contributed by atoms with Gasteiger partial charge in [0.25, 0.3) is 10.0 Å². The molecule has 0 radical (unpaired) electrons. The average molecular weight is 546 g/mol. The van der Waals surface area contributed by atoms with Crippen molar-refractivity contribution < 1.29 is 30.0 Å². The molecule has 0 unspecified atom stereocenters. The molecule has 0 bridgehead atoms. The molecule has 0 spiro atoms. The monoisotopic (exact) mass is 545 g/mol. The summed E-state index contributed by atoms with van der Waals surface area (Å²) in [4.78, 5) is 1.87. The van der Waals surface area contributed by atoms with E-state index in [1.165, 1.54) is 24.3 Å². The summed E-state index contributed by atoms with van der Waals surface area (Å²) in [5, 5.41) is 0. The van der Waals surface area contributed by atoms with E-state index in [1.54, 1.807) is 4.31 Å². The lowest BCUT2D eigenvalue weighted by Crippen LogP contribution is -2.48. The summed E-state index contributed by atoms with van der Waals surface area (Å²) in [6, 6.07) is 8.63. The topological polar surface area (TPSA) is 86.8 Å². The van der Waals surface area contributed by atoms with E-state index in [0.29, 0.717) is 6.07 Å². The molecular weight excluding hydrogens is 515 g/mol. The second-order valence-electron chi connectivity index (χ2n) is 9.29. The first-order chi connectivity index (χ1) is 16.9. The smallest absolute Gasteiger partial charge is 0.303 e. The Hall–Kier alpha value is -2.15. The molecular formula is C24H30F3N3O4S2. The molecule has 12 heteroatoms. The minimum atomic E-state index is -4.68. The largest absolute Gasteiger partial charge is 0.416 e. The SMILES string of the molecule is CCCN1CCC(N(C2CC2)S(=O)(=O)c2ccc(NS(=O)(=O)c3cccc(C(F)(F)F)c3)cc2)CC1. The van der Waals surface area contributed by atoms with Crippen LogP contribution in [0.15, 0.2) is 58.3 Å². The molecule has 0 atom stereocenters. The van der Waals surface area contributed by atoms with Crippen molar-refractivity contribution in [3.05, 3.63) is 54.1 Å². The summed E-state index contributed by atoms with van der Waals surface area (Å²) in [6.07, 6.45) is -0.442. The first-order valence-corrected chi connectivity index (χ1v) is 14.9. The predicted octanol–water partition coefficient (Wildman–Crippen LogP) is 4.53. The zero-order valence-corrected chi connectivity index (χ0v) is 21.5. The van der Waals surface area contributed by atoms with Crippen molar-refractivity contribution >= 4 is 25.7 Å². The standard InChI is InChI=1S/C24H30F3N3O4S2/c1-2-14-29-15-12-21(13-16-29)30(20-8-9-20)36(33,34)22-10-6-19(7-11-22)28-35(31,32)23-5-3-4-18(17-23)24(25,26)27/h3-7,10-11,17,20-21,28H,2,8-9,12-16H2,1H3. The van der Waals surface area contributed by atoms with E-state index in [2.05, 4.69) is 16.5 Å². The maximum atomic E-state index is 13.5. The van der Waals surface area contributed by atoms with Crippen LogP contribution in [0.3, 0.4) is 0 Å². The van der Waals surface area contributed by atoms with Gasteiger partial charge in [-0.05, 0) is 94.2 Å². The summed E-state index contributed by atoms with van der Waals surface area (Å²) in [5.41, 5.74) is -1.02. The number of nitrogens with zero attached hydrogens (tertiary/aromatic N) is 2. The van der Waals surface area contributed by atoms with Gasteiger partial charge in [0.15, 0.2) is 0 Å². The van der Waals surface area contributed by atoms with Gasteiger partial charge in [0.05, 0.1) is 15.4 Å². The fourth-order valence-corrected chi connectivity index (χ4v) is 7.64. The summed E-state index contributed by atoms with van der Waals surface area (Å²) >= 11 is 0. The number of halogens is 3. The molecule has 1 saturated carbocycles. The van der Waals surface area contributed by atoms with Crippen LogP contribution in [0.5, 0.6) is 0 Å².